The fourth-order valence-electron chi connectivity index (χ4n) is 2.17. The molecule has 0 aliphatic rings. The molecule has 0 spiro atoms. The highest BCUT2D eigenvalue weighted by Gasteiger charge is 2.16. The normalized spacial score (nSPS) is 12.5. The molecule has 1 atom stereocenters. The van der Waals surface area contributed by atoms with Crippen molar-refractivity contribution in [2.24, 2.45) is 5.73 Å². The summed E-state index contributed by atoms with van der Waals surface area (Å²) >= 11 is 0. The summed E-state index contributed by atoms with van der Waals surface area (Å²) in [4.78, 5) is 10.7. The third-order valence-electron chi connectivity index (χ3n) is 3.42. The van der Waals surface area contributed by atoms with Crippen LogP contribution in [0.1, 0.15) is 46.8 Å². The highest BCUT2D eigenvalue weighted by Crippen LogP contribution is 2.29. The quantitative estimate of drug-likeness (QED) is 0.840. The Morgan fingerprint density at radius 3 is 2.12 bits per heavy atom. The molecule has 0 aromatic heterocycles. The van der Waals surface area contributed by atoms with Crippen LogP contribution in [0.3, 0.4) is 0 Å². The van der Waals surface area contributed by atoms with Gasteiger partial charge in [0.2, 0.25) is 5.91 Å². The maximum absolute atomic E-state index is 10.7. The average molecular weight is 235 g/mol. The third-order valence-corrected chi connectivity index (χ3v) is 3.42. The van der Waals surface area contributed by atoms with Crippen LogP contribution < -0.4 is 5.73 Å². The van der Waals surface area contributed by atoms with Crippen LogP contribution in [0.4, 0.5) is 0 Å². The van der Waals surface area contributed by atoms with E-state index >= 15 is 0 Å². The summed E-state index contributed by atoms with van der Waals surface area (Å²) in [6.45, 7) is 8.08. The number of hydrogen-bond donors (Lipinski definition) is 2. The van der Waals surface area contributed by atoms with E-state index < -0.39 is 6.10 Å². The first-order valence-electron chi connectivity index (χ1n) is 5.88. The summed E-state index contributed by atoms with van der Waals surface area (Å²) in [5.41, 5.74) is 10.6. The number of aliphatic hydroxyl groups is 1. The zero-order valence-electron chi connectivity index (χ0n) is 11.0. The van der Waals surface area contributed by atoms with Gasteiger partial charge in [0, 0.05) is 6.42 Å². The Balaban J connectivity index is 3.07. The first-order chi connectivity index (χ1) is 7.84. The van der Waals surface area contributed by atoms with Gasteiger partial charge in [-0.05, 0) is 61.9 Å². The fourth-order valence-corrected chi connectivity index (χ4v) is 2.17. The molecular formula is C14H21NO2. The third kappa shape index (κ3) is 3.07. The minimum absolute atomic E-state index is 0.215. The van der Waals surface area contributed by atoms with Gasteiger partial charge in [0.1, 0.15) is 0 Å². The second kappa shape index (κ2) is 5.32. The molecule has 1 aromatic carbocycles. The summed E-state index contributed by atoms with van der Waals surface area (Å²) in [6, 6.07) is 2.12. The number of carbonyl (C=O) groups is 1. The standard InChI is InChI=1S/C14H21NO2/c1-8-7-9(2)11(4)14(10(8)3)12(16)5-6-13(15)17/h7,12,16H,5-6H2,1-4H3,(H2,15,17). The number of nitrogens with two attached hydrogens (primary N) is 1. The van der Waals surface area contributed by atoms with Crippen molar-refractivity contribution in [1.29, 1.82) is 0 Å². The molecule has 0 saturated carbocycles. The fraction of sp³-hybridized carbons (Fsp3) is 0.500. The molecule has 1 aromatic rings. The predicted molar refractivity (Wildman–Crippen MR) is 68.8 cm³/mol. The first-order valence-corrected chi connectivity index (χ1v) is 5.88. The van der Waals surface area contributed by atoms with E-state index in [2.05, 4.69) is 6.07 Å². The summed E-state index contributed by atoms with van der Waals surface area (Å²) in [5.74, 6) is -0.372. The van der Waals surface area contributed by atoms with E-state index in [-0.39, 0.29) is 12.3 Å². The first kappa shape index (κ1) is 13.7. The summed E-state index contributed by atoms with van der Waals surface area (Å²) in [5, 5.41) is 10.2. The largest absolute Gasteiger partial charge is 0.388 e. The zero-order chi connectivity index (χ0) is 13.2. The van der Waals surface area contributed by atoms with Crippen molar-refractivity contribution in [2.75, 3.05) is 0 Å². The van der Waals surface area contributed by atoms with E-state index in [4.69, 9.17) is 5.73 Å². The summed E-state index contributed by atoms with van der Waals surface area (Å²) < 4.78 is 0. The van der Waals surface area contributed by atoms with Crippen LogP contribution in [0, 0.1) is 27.7 Å². The molecule has 0 aliphatic carbocycles. The Bertz CT molecular complexity index is 412. The Hall–Kier alpha value is -1.35. The molecule has 0 bridgehead atoms. The van der Waals surface area contributed by atoms with Gasteiger partial charge < -0.3 is 10.8 Å². The van der Waals surface area contributed by atoms with Crippen molar-refractivity contribution >= 4 is 5.91 Å². The Morgan fingerprint density at radius 1 is 1.24 bits per heavy atom. The molecule has 94 valence electrons. The molecule has 0 fully saturated rings. The van der Waals surface area contributed by atoms with Crippen LogP contribution in [-0.4, -0.2) is 11.0 Å². The Kier molecular flexibility index (Phi) is 4.29. The topological polar surface area (TPSA) is 63.3 Å². The van der Waals surface area contributed by atoms with Gasteiger partial charge in [-0.15, -0.1) is 0 Å². The number of amides is 1. The molecule has 3 heteroatoms. The second-order valence-corrected chi connectivity index (χ2v) is 4.69. The van der Waals surface area contributed by atoms with Crippen molar-refractivity contribution < 1.29 is 9.90 Å². The lowest BCUT2D eigenvalue weighted by molar-refractivity contribution is -0.118. The van der Waals surface area contributed by atoms with Crippen LogP contribution in [0.5, 0.6) is 0 Å². The number of carbonyl (C=O) groups excluding carboxylic acids is 1. The van der Waals surface area contributed by atoms with E-state index in [1.165, 1.54) is 11.1 Å². The minimum Gasteiger partial charge on any atom is -0.388 e. The minimum atomic E-state index is -0.610. The maximum Gasteiger partial charge on any atom is 0.217 e. The predicted octanol–water partition coefficient (Wildman–Crippen LogP) is 2.22. The average Bonchev–Trinajstić information content (AvgIpc) is 2.24. The Labute approximate surface area is 103 Å². The van der Waals surface area contributed by atoms with Gasteiger partial charge in [0.15, 0.2) is 0 Å². The summed E-state index contributed by atoms with van der Waals surface area (Å²) in [6.07, 6.45) is -0.00598. The van der Waals surface area contributed by atoms with Gasteiger partial charge in [-0.2, -0.15) is 0 Å². The van der Waals surface area contributed by atoms with Crippen LogP contribution >= 0.6 is 0 Å². The SMILES string of the molecule is Cc1cc(C)c(C)c(C(O)CCC(N)=O)c1C. The van der Waals surface area contributed by atoms with E-state index in [0.29, 0.717) is 6.42 Å². The number of aliphatic hydroxyl groups excluding tert-OH is 1. The molecule has 0 aliphatic heterocycles. The highest BCUT2D eigenvalue weighted by atomic mass is 16.3. The van der Waals surface area contributed by atoms with Gasteiger partial charge in [-0.3, -0.25) is 4.79 Å². The lowest BCUT2D eigenvalue weighted by Gasteiger charge is -2.19. The number of aryl methyl sites for hydroxylation is 2. The summed E-state index contributed by atoms with van der Waals surface area (Å²) in [7, 11) is 0. The van der Waals surface area contributed by atoms with Crippen LogP contribution in [-0.2, 0) is 4.79 Å². The molecule has 1 rings (SSSR count). The molecule has 1 amide bonds. The van der Waals surface area contributed by atoms with Crippen molar-refractivity contribution in [2.45, 2.75) is 46.6 Å². The lowest BCUT2D eigenvalue weighted by Crippen LogP contribution is -2.13. The zero-order valence-corrected chi connectivity index (χ0v) is 11.0. The van der Waals surface area contributed by atoms with Crippen molar-refractivity contribution in [3.63, 3.8) is 0 Å². The molecule has 3 N–H and O–H groups in total. The van der Waals surface area contributed by atoms with Gasteiger partial charge in [0.25, 0.3) is 0 Å². The highest BCUT2D eigenvalue weighted by molar-refractivity contribution is 5.73. The molecule has 17 heavy (non-hydrogen) atoms. The lowest BCUT2D eigenvalue weighted by atomic mass is 9.89. The second-order valence-electron chi connectivity index (χ2n) is 4.69. The van der Waals surface area contributed by atoms with Gasteiger partial charge in [-0.25, -0.2) is 0 Å². The smallest absolute Gasteiger partial charge is 0.217 e. The number of benzene rings is 1. The van der Waals surface area contributed by atoms with Gasteiger partial charge in [0.05, 0.1) is 6.10 Å². The van der Waals surface area contributed by atoms with Gasteiger partial charge in [-0.1, -0.05) is 6.07 Å². The van der Waals surface area contributed by atoms with Crippen LogP contribution in [0.25, 0.3) is 0 Å². The molecule has 0 heterocycles. The molecular weight excluding hydrogens is 214 g/mol. The number of hydrogen-bond acceptors (Lipinski definition) is 2. The number of rotatable bonds is 4. The van der Waals surface area contributed by atoms with Crippen molar-refractivity contribution in [3.8, 4) is 0 Å². The van der Waals surface area contributed by atoms with E-state index in [1.54, 1.807) is 0 Å². The molecule has 0 radical (unpaired) electrons. The van der Waals surface area contributed by atoms with Crippen LogP contribution in [0.15, 0.2) is 6.07 Å². The van der Waals surface area contributed by atoms with Crippen molar-refractivity contribution in [3.05, 3.63) is 33.9 Å². The van der Waals surface area contributed by atoms with E-state index in [1.807, 2.05) is 27.7 Å². The number of primary amides is 1. The monoisotopic (exact) mass is 235 g/mol. The molecule has 1 unspecified atom stereocenters. The van der Waals surface area contributed by atoms with E-state index in [0.717, 1.165) is 16.7 Å². The molecule has 3 nitrogen and oxygen atoms in total. The Morgan fingerprint density at radius 2 is 1.71 bits per heavy atom. The molecule has 0 saturated heterocycles. The maximum atomic E-state index is 10.7. The van der Waals surface area contributed by atoms with Crippen molar-refractivity contribution in [1.82, 2.24) is 0 Å². The van der Waals surface area contributed by atoms with Crippen LogP contribution in [0.2, 0.25) is 0 Å². The van der Waals surface area contributed by atoms with E-state index in [9.17, 15) is 9.90 Å². The van der Waals surface area contributed by atoms with Gasteiger partial charge >= 0.3 is 0 Å².